The van der Waals surface area contributed by atoms with Crippen LogP contribution in [0.3, 0.4) is 0 Å². The summed E-state index contributed by atoms with van der Waals surface area (Å²) in [6.45, 7) is 0. The third-order valence-corrected chi connectivity index (χ3v) is 1.66. The summed E-state index contributed by atoms with van der Waals surface area (Å²) in [5.74, 6) is 0.349. The lowest BCUT2D eigenvalue weighted by molar-refractivity contribution is 0.112. The van der Waals surface area contributed by atoms with Gasteiger partial charge in [0.05, 0.1) is 5.39 Å². The number of nitrogens with zero attached hydrogens (tertiary/aromatic N) is 1. The molecule has 0 bridgehead atoms. The summed E-state index contributed by atoms with van der Waals surface area (Å²) >= 11 is 0. The minimum Gasteiger partial charge on any atom is -0.380 e. The number of carbonyl (C=O) groups is 1. The van der Waals surface area contributed by atoms with Gasteiger partial charge < -0.3 is 10.3 Å². The molecule has 0 atom stereocenters. The van der Waals surface area contributed by atoms with Crippen molar-refractivity contribution in [2.75, 3.05) is 5.73 Å². The van der Waals surface area contributed by atoms with E-state index in [0.717, 1.165) is 11.7 Å². The second kappa shape index (κ2) is 2.34. The maximum atomic E-state index is 10.4. The number of anilines is 1. The van der Waals surface area contributed by atoms with Crippen molar-refractivity contribution in [3.63, 3.8) is 0 Å². The molecule has 0 saturated heterocycles. The van der Waals surface area contributed by atoms with Gasteiger partial charge in [-0.25, -0.2) is 0 Å². The number of hydrogen-bond donors (Lipinski definition) is 1. The molecule has 0 spiro atoms. The van der Waals surface area contributed by atoms with Crippen LogP contribution in [0.5, 0.6) is 0 Å². The second-order valence-electron chi connectivity index (χ2n) is 2.44. The Labute approximate surface area is 67.9 Å². The van der Waals surface area contributed by atoms with Gasteiger partial charge in [0.2, 0.25) is 0 Å². The standard InChI is InChI=1S/C8H6N2O2/c9-8-6-2-1-5(4-11)3-7(6)12-10-8/h1-4H,(H2,9,10). The molecular formula is C8H6N2O2. The van der Waals surface area contributed by atoms with Crippen LogP contribution in [-0.4, -0.2) is 11.4 Å². The molecule has 0 fully saturated rings. The van der Waals surface area contributed by atoms with E-state index in [0.29, 0.717) is 17.0 Å². The first-order chi connectivity index (χ1) is 5.81. The quantitative estimate of drug-likeness (QED) is 0.640. The van der Waals surface area contributed by atoms with Gasteiger partial charge in [0.25, 0.3) is 0 Å². The van der Waals surface area contributed by atoms with Crippen molar-refractivity contribution >= 4 is 23.1 Å². The van der Waals surface area contributed by atoms with Gasteiger partial charge in [0.15, 0.2) is 11.4 Å². The van der Waals surface area contributed by atoms with Crippen molar-refractivity contribution in [1.29, 1.82) is 0 Å². The molecule has 1 aromatic heterocycles. The maximum absolute atomic E-state index is 10.4. The highest BCUT2D eigenvalue weighted by Crippen LogP contribution is 2.20. The van der Waals surface area contributed by atoms with Gasteiger partial charge in [0, 0.05) is 5.56 Å². The number of carbonyl (C=O) groups excluding carboxylic acids is 1. The number of fused-ring (bicyclic) bond motifs is 1. The molecule has 4 heteroatoms. The van der Waals surface area contributed by atoms with E-state index in [2.05, 4.69) is 5.16 Å². The summed E-state index contributed by atoms with van der Waals surface area (Å²) in [6.07, 6.45) is 0.748. The lowest BCUT2D eigenvalue weighted by atomic mass is 10.2. The molecule has 0 amide bonds. The fourth-order valence-corrected chi connectivity index (χ4v) is 1.05. The number of benzene rings is 1. The monoisotopic (exact) mass is 162 g/mol. The van der Waals surface area contributed by atoms with Crippen molar-refractivity contribution in [2.24, 2.45) is 0 Å². The zero-order valence-electron chi connectivity index (χ0n) is 6.15. The summed E-state index contributed by atoms with van der Waals surface area (Å²) in [7, 11) is 0. The molecule has 12 heavy (non-hydrogen) atoms. The molecule has 0 aliphatic rings. The lowest BCUT2D eigenvalue weighted by Crippen LogP contribution is -1.83. The van der Waals surface area contributed by atoms with Crippen LogP contribution in [0, 0.1) is 0 Å². The molecule has 1 heterocycles. The van der Waals surface area contributed by atoms with Crippen LogP contribution in [0.1, 0.15) is 10.4 Å². The van der Waals surface area contributed by atoms with Crippen LogP contribution in [0.15, 0.2) is 22.7 Å². The molecule has 0 radical (unpaired) electrons. The topological polar surface area (TPSA) is 69.1 Å². The van der Waals surface area contributed by atoms with Crippen molar-refractivity contribution < 1.29 is 9.32 Å². The summed E-state index contributed by atoms with van der Waals surface area (Å²) in [4.78, 5) is 10.4. The molecule has 60 valence electrons. The molecule has 0 unspecified atom stereocenters. The zero-order valence-corrected chi connectivity index (χ0v) is 6.15. The van der Waals surface area contributed by atoms with Crippen molar-refractivity contribution in [1.82, 2.24) is 5.16 Å². The van der Waals surface area contributed by atoms with E-state index >= 15 is 0 Å². The van der Waals surface area contributed by atoms with E-state index in [-0.39, 0.29) is 0 Å². The van der Waals surface area contributed by atoms with Gasteiger partial charge in [-0.2, -0.15) is 0 Å². The molecule has 0 aliphatic carbocycles. The zero-order chi connectivity index (χ0) is 8.55. The summed E-state index contributed by atoms with van der Waals surface area (Å²) in [6, 6.07) is 4.99. The Morgan fingerprint density at radius 3 is 3.08 bits per heavy atom. The number of rotatable bonds is 1. The Morgan fingerprint density at radius 2 is 2.33 bits per heavy atom. The SMILES string of the molecule is Nc1noc2cc(C=O)ccc12. The van der Waals surface area contributed by atoms with E-state index in [4.69, 9.17) is 10.3 Å². The first-order valence-corrected chi connectivity index (χ1v) is 3.41. The lowest BCUT2D eigenvalue weighted by Gasteiger charge is -1.88. The van der Waals surface area contributed by atoms with Crippen LogP contribution in [0.4, 0.5) is 5.82 Å². The van der Waals surface area contributed by atoms with E-state index in [1.54, 1.807) is 18.2 Å². The van der Waals surface area contributed by atoms with Crippen LogP contribution in [0.2, 0.25) is 0 Å². The largest absolute Gasteiger partial charge is 0.380 e. The van der Waals surface area contributed by atoms with E-state index in [1.807, 2.05) is 0 Å². The van der Waals surface area contributed by atoms with Gasteiger partial charge in [-0.1, -0.05) is 11.2 Å². The average molecular weight is 162 g/mol. The van der Waals surface area contributed by atoms with Crippen LogP contribution >= 0.6 is 0 Å². The van der Waals surface area contributed by atoms with E-state index in [1.165, 1.54) is 0 Å². The van der Waals surface area contributed by atoms with Gasteiger partial charge in [0.1, 0.15) is 6.29 Å². The molecule has 1 aromatic carbocycles. The Morgan fingerprint density at radius 1 is 1.50 bits per heavy atom. The molecule has 0 saturated carbocycles. The Balaban J connectivity index is 2.77. The number of aldehydes is 1. The highest BCUT2D eigenvalue weighted by molar-refractivity contribution is 5.91. The van der Waals surface area contributed by atoms with Crippen molar-refractivity contribution in [3.05, 3.63) is 23.8 Å². The summed E-state index contributed by atoms with van der Waals surface area (Å²) in [5.41, 5.74) is 6.57. The van der Waals surface area contributed by atoms with E-state index < -0.39 is 0 Å². The molecule has 4 nitrogen and oxygen atoms in total. The predicted octanol–water partition coefficient (Wildman–Crippen LogP) is 1.22. The maximum Gasteiger partial charge on any atom is 0.174 e. The highest BCUT2D eigenvalue weighted by atomic mass is 16.5. The Bertz CT molecular complexity index is 434. The van der Waals surface area contributed by atoms with Gasteiger partial charge in [-0.15, -0.1) is 0 Å². The van der Waals surface area contributed by atoms with Gasteiger partial charge >= 0.3 is 0 Å². The predicted molar refractivity (Wildman–Crippen MR) is 43.8 cm³/mol. The normalized spacial score (nSPS) is 10.3. The van der Waals surface area contributed by atoms with Crippen LogP contribution in [0.25, 0.3) is 11.0 Å². The molecule has 0 aliphatic heterocycles. The number of hydrogen-bond acceptors (Lipinski definition) is 4. The van der Waals surface area contributed by atoms with Crippen LogP contribution in [-0.2, 0) is 0 Å². The smallest absolute Gasteiger partial charge is 0.174 e. The summed E-state index contributed by atoms with van der Waals surface area (Å²) in [5, 5.41) is 4.29. The number of aromatic nitrogens is 1. The van der Waals surface area contributed by atoms with Crippen LogP contribution < -0.4 is 5.73 Å². The van der Waals surface area contributed by atoms with Gasteiger partial charge in [-0.05, 0) is 12.1 Å². The number of nitrogen functional groups attached to an aromatic ring is 1. The summed E-state index contributed by atoms with van der Waals surface area (Å²) < 4.78 is 4.86. The minimum atomic E-state index is 0.349. The first kappa shape index (κ1) is 6.84. The molecule has 2 aromatic rings. The Hall–Kier alpha value is -1.84. The molecule has 2 rings (SSSR count). The number of nitrogens with two attached hydrogens (primary N) is 1. The van der Waals surface area contributed by atoms with E-state index in [9.17, 15) is 4.79 Å². The second-order valence-corrected chi connectivity index (χ2v) is 2.44. The molecular weight excluding hydrogens is 156 g/mol. The average Bonchev–Trinajstić information content (AvgIpc) is 2.47. The molecule has 2 N–H and O–H groups in total. The third-order valence-electron chi connectivity index (χ3n) is 1.66. The fraction of sp³-hybridized carbons (Fsp3) is 0. The fourth-order valence-electron chi connectivity index (χ4n) is 1.05. The Kier molecular flexibility index (Phi) is 1.33. The van der Waals surface area contributed by atoms with Crippen molar-refractivity contribution in [3.8, 4) is 0 Å². The van der Waals surface area contributed by atoms with Crippen molar-refractivity contribution in [2.45, 2.75) is 0 Å². The van der Waals surface area contributed by atoms with Gasteiger partial charge in [-0.3, -0.25) is 4.79 Å². The minimum absolute atomic E-state index is 0.349. The third kappa shape index (κ3) is 0.852. The first-order valence-electron chi connectivity index (χ1n) is 3.41. The highest BCUT2D eigenvalue weighted by Gasteiger charge is 2.04.